The molecule has 29 heavy (non-hydrogen) atoms. The fourth-order valence-electron chi connectivity index (χ4n) is 2.76. The van der Waals surface area contributed by atoms with E-state index in [9.17, 15) is 9.59 Å². The summed E-state index contributed by atoms with van der Waals surface area (Å²) >= 11 is 3.21. The zero-order valence-electron chi connectivity index (χ0n) is 16.8. The number of benzene rings is 2. The van der Waals surface area contributed by atoms with Crippen LogP contribution in [0, 0.1) is 13.8 Å². The topological polar surface area (TPSA) is 34.1 Å². The van der Waals surface area contributed by atoms with Gasteiger partial charge in [-0.25, -0.2) is 0 Å². The number of allylic oxidation sites excluding steroid dienone is 3. The molecule has 1 aliphatic rings. The highest BCUT2D eigenvalue weighted by molar-refractivity contribution is 8.25. The molecule has 1 atom stereocenters. The van der Waals surface area contributed by atoms with Crippen molar-refractivity contribution < 1.29 is 9.59 Å². The third kappa shape index (κ3) is 6.09. The van der Waals surface area contributed by atoms with Gasteiger partial charge in [-0.2, -0.15) is 0 Å². The van der Waals surface area contributed by atoms with E-state index in [4.69, 9.17) is 0 Å². The van der Waals surface area contributed by atoms with E-state index < -0.39 is 0 Å². The average molecular weight is 421 g/mol. The summed E-state index contributed by atoms with van der Waals surface area (Å²) in [6, 6.07) is 15.9. The molecule has 3 rings (SSSR count). The fourth-order valence-corrected chi connectivity index (χ4v) is 5.62. The Hall–Kier alpha value is -2.30. The Morgan fingerprint density at radius 2 is 1.28 bits per heavy atom. The van der Waals surface area contributed by atoms with Crippen molar-refractivity contribution in [3.63, 3.8) is 0 Å². The predicted molar refractivity (Wildman–Crippen MR) is 127 cm³/mol. The maximum atomic E-state index is 12.9. The third-order valence-electron chi connectivity index (χ3n) is 4.46. The van der Waals surface area contributed by atoms with Crippen molar-refractivity contribution >= 4 is 47.2 Å². The molecular weight excluding hydrogens is 396 g/mol. The van der Waals surface area contributed by atoms with Crippen molar-refractivity contribution in [3.05, 3.63) is 92.7 Å². The first-order chi connectivity index (χ1) is 13.9. The second-order valence-corrected chi connectivity index (χ2v) is 9.86. The maximum absolute atomic E-state index is 12.9. The Morgan fingerprint density at radius 1 is 0.828 bits per heavy atom. The van der Waals surface area contributed by atoms with Crippen molar-refractivity contribution in [2.75, 3.05) is 5.75 Å². The molecule has 2 aromatic rings. The molecule has 1 aliphatic heterocycles. The number of thioether (sulfide) groups is 2. The zero-order valence-corrected chi connectivity index (χ0v) is 18.5. The van der Waals surface area contributed by atoms with Gasteiger partial charge in [0.2, 0.25) is 0 Å². The molecule has 1 saturated heterocycles. The van der Waals surface area contributed by atoms with E-state index in [2.05, 4.69) is 6.92 Å². The largest absolute Gasteiger partial charge is 0.289 e. The number of ketones is 2. The van der Waals surface area contributed by atoms with Crippen LogP contribution in [0.3, 0.4) is 0 Å². The molecule has 0 spiro atoms. The van der Waals surface area contributed by atoms with Crippen LogP contribution in [0.15, 0.2) is 70.5 Å². The van der Waals surface area contributed by atoms with E-state index in [0.29, 0.717) is 5.25 Å². The molecule has 1 fully saturated rings. The van der Waals surface area contributed by atoms with Gasteiger partial charge in [0.1, 0.15) is 0 Å². The summed E-state index contributed by atoms with van der Waals surface area (Å²) in [7, 11) is 0. The van der Waals surface area contributed by atoms with Crippen molar-refractivity contribution in [2.45, 2.75) is 26.0 Å². The lowest BCUT2D eigenvalue weighted by Crippen LogP contribution is -2.10. The summed E-state index contributed by atoms with van der Waals surface area (Å²) in [6.07, 6.45) is 6.56. The highest BCUT2D eigenvalue weighted by Crippen LogP contribution is 2.43. The van der Waals surface area contributed by atoms with E-state index >= 15 is 0 Å². The molecule has 0 amide bonds. The summed E-state index contributed by atoms with van der Waals surface area (Å²) in [6.45, 7) is 6.16. The fraction of sp³-hybridized carbons (Fsp3) is 0.200. The van der Waals surface area contributed by atoms with Crippen molar-refractivity contribution in [1.29, 1.82) is 0 Å². The Labute approximate surface area is 181 Å². The van der Waals surface area contributed by atoms with E-state index in [-0.39, 0.29) is 17.1 Å². The van der Waals surface area contributed by atoms with Crippen LogP contribution >= 0.6 is 23.5 Å². The van der Waals surface area contributed by atoms with Crippen LogP contribution in [0.25, 0.3) is 12.2 Å². The molecule has 0 radical (unpaired) electrons. The molecule has 1 heterocycles. The molecule has 1 unspecified atom stereocenters. The van der Waals surface area contributed by atoms with Crippen molar-refractivity contribution in [3.8, 4) is 0 Å². The normalized spacial score (nSPS) is 16.7. The molecule has 0 aromatic heterocycles. The van der Waals surface area contributed by atoms with Crippen LogP contribution in [0.4, 0.5) is 0 Å². The minimum Gasteiger partial charge on any atom is -0.289 e. The number of hydrogen-bond acceptors (Lipinski definition) is 4. The first-order valence-corrected chi connectivity index (χ1v) is 11.4. The molecule has 0 bridgehead atoms. The summed E-state index contributed by atoms with van der Waals surface area (Å²) in [5, 5.41) is 0.396. The Balaban J connectivity index is 1.84. The van der Waals surface area contributed by atoms with Crippen LogP contribution in [0.1, 0.15) is 29.2 Å². The van der Waals surface area contributed by atoms with Crippen LogP contribution in [-0.4, -0.2) is 22.6 Å². The summed E-state index contributed by atoms with van der Waals surface area (Å²) in [4.78, 5) is 25.9. The summed E-state index contributed by atoms with van der Waals surface area (Å²) < 4.78 is 0.828. The number of hydrogen-bond donors (Lipinski definition) is 0. The highest BCUT2D eigenvalue weighted by Gasteiger charge is 2.26. The smallest absolute Gasteiger partial charge is 0.191 e. The molecule has 4 heteroatoms. The Bertz CT molecular complexity index is 911. The molecular formula is C25H24O2S2. The van der Waals surface area contributed by atoms with Gasteiger partial charge in [-0.1, -0.05) is 78.7 Å². The minimum atomic E-state index is -0.242. The first kappa shape index (κ1) is 21.4. The molecule has 0 N–H and O–H groups in total. The van der Waals surface area contributed by atoms with Crippen LogP contribution in [-0.2, 0) is 9.59 Å². The van der Waals surface area contributed by atoms with Gasteiger partial charge in [0.25, 0.3) is 0 Å². The van der Waals surface area contributed by atoms with Gasteiger partial charge in [0.15, 0.2) is 11.6 Å². The lowest BCUT2D eigenvalue weighted by molar-refractivity contribution is -0.116. The monoisotopic (exact) mass is 420 g/mol. The Kier molecular flexibility index (Phi) is 7.34. The molecule has 0 aliphatic carbocycles. The summed E-state index contributed by atoms with van der Waals surface area (Å²) in [5.74, 6) is 0.425. The molecule has 2 aromatic carbocycles. The van der Waals surface area contributed by atoms with Gasteiger partial charge in [0.05, 0.1) is 9.81 Å². The minimum absolute atomic E-state index is 0.242. The standard InChI is InChI=1S/C25H24O2S2/c1-17-4-8-20(9-5-17)12-14-22(26)24(25-28-16-19(3)29-25)23(27)15-13-21-10-6-18(2)7-11-21/h4-15,19H,16H2,1-3H3. The second-order valence-electron chi connectivity index (χ2n) is 7.12. The predicted octanol–water partition coefficient (Wildman–Crippen LogP) is 6.25. The van der Waals surface area contributed by atoms with Crippen LogP contribution in [0.2, 0.25) is 0 Å². The average Bonchev–Trinajstić information content (AvgIpc) is 3.13. The lowest BCUT2D eigenvalue weighted by Gasteiger charge is -2.05. The Morgan fingerprint density at radius 3 is 1.66 bits per heavy atom. The number of carbonyl (C=O) groups is 2. The van der Waals surface area contributed by atoms with Gasteiger partial charge in [-0.3, -0.25) is 9.59 Å². The SMILES string of the molecule is Cc1ccc(C=CC(=O)C(C(=O)C=Cc2ccc(C)cc2)=C2SCC(C)S2)cc1. The highest BCUT2D eigenvalue weighted by atomic mass is 32.2. The van der Waals surface area contributed by atoms with Crippen molar-refractivity contribution in [1.82, 2.24) is 0 Å². The molecule has 0 saturated carbocycles. The van der Waals surface area contributed by atoms with E-state index in [1.165, 1.54) is 23.3 Å². The zero-order chi connectivity index (χ0) is 20.8. The van der Waals surface area contributed by atoms with Gasteiger partial charge in [0, 0.05) is 11.0 Å². The third-order valence-corrected chi connectivity index (χ3v) is 7.44. The molecule has 148 valence electrons. The van der Waals surface area contributed by atoms with E-state index in [1.54, 1.807) is 35.7 Å². The van der Waals surface area contributed by atoms with Crippen LogP contribution < -0.4 is 0 Å². The molecule has 2 nitrogen and oxygen atoms in total. The van der Waals surface area contributed by atoms with E-state index in [1.807, 2.05) is 62.4 Å². The summed E-state index contributed by atoms with van der Waals surface area (Å²) in [5.41, 5.74) is 4.49. The number of aryl methyl sites for hydroxylation is 2. The van der Waals surface area contributed by atoms with Crippen LogP contribution in [0.5, 0.6) is 0 Å². The van der Waals surface area contributed by atoms with Crippen molar-refractivity contribution in [2.24, 2.45) is 0 Å². The van der Waals surface area contributed by atoms with E-state index in [0.717, 1.165) is 21.1 Å². The van der Waals surface area contributed by atoms with Gasteiger partial charge < -0.3 is 0 Å². The quantitative estimate of drug-likeness (QED) is 0.314. The first-order valence-electron chi connectivity index (χ1n) is 9.54. The van der Waals surface area contributed by atoms with Gasteiger partial charge >= 0.3 is 0 Å². The maximum Gasteiger partial charge on any atom is 0.191 e. The van der Waals surface area contributed by atoms with Gasteiger partial charge in [-0.05, 0) is 37.1 Å². The number of carbonyl (C=O) groups excluding carboxylic acids is 2. The second kappa shape index (κ2) is 9.95. The number of rotatable bonds is 6. The van der Waals surface area contributed by atoms with Gasteiger partial charge in [-0.15, -0.1) is 23.5 Å². The lowest BCUT2D eigenvalue weighted by atomic mass is 10.0.